The van der Waals surface area contributed by atoms with Gasteiger partial charge in [0.15, 0.2) is 5.82 Å². The van der Waals surface area contributed by atoms with Gasteiger partial charge in [-0.3, -0.25) is 14.6 Å². The summed E-state index contributed by atoms with van der Waals surface area (Å²) in [4.78, 5) is 35.5. The number of carbonyl (C=O) groups is 1. The zero-order valence-electron chi connectivity index (χ0n) is 13.6. The standard InChI is InChI=1S/C18H20N4O2/c1-12(13-7-3-2-4-8-13)21-17(23)14-11-20-16(22-18(14)24)15-9-5-6-10-19-15/h5-7,9-12H,2-4,8H2,1H3,(H,21,23)(H,20,22,24)/t12-/m0/s1. The first-order valence-electron chi connectivity index (χ1n) is 8.15. The number of aromatic nitrogens is 3. The third-order valence-corrected chi connectivity index (χ3v) is 4.18. The molecule has 24 heavy (non-hydrogen) atoms. The summed E-state index contributed by atoms with van der Waals surface area (Å²) in [7, 11) is 0. The van der Waals surface area contributed by atoms with Crippen molar-refractivity contribution in [3.63, 3.8) is 0 Å². The van der Waals surface area contributed by atoms with Crippen LogP contribution in [0.3, 0.4) is 0 Å². The third-order valence-electron chi connectivity index (χ3n) is 4.18. The van der Waals surface area contributed by atoms with Gasteiger partial charge < -0.3 is 10.3 Å². The number of hydrogen-bond acceptors (Lipinski definition) is 4. The average Bonchev–Trinajstić information content (AvgIpc) is 2.63. The predicted molar refractivity (Wildman–Crippen MR) is 91.6 cm³/mol. The lowest BCUT2D eigenvalue weighted by Gasteiger charge is -2.20. The van der Waals surface area contributed by atoms with Gasteiger partial charge in [0, 0.05) is 18.4 Å². The summed E-state index contributed by atoms with van der Waals surface area (Å²) in [6.07, 6.45) is 9.50. The van der Waals surface area contributed by atoms with E-state index in [4.69, 9.17) is 0 Å². The number of carbonyl (C=O) groups excluding carboxylic acids is 1. The second kappa shape index (κ2) is 7.21. The van der Waals surface area contributed by atoms with Crippen LogP contribution in [-0.2, 0) is 0 Å². The topological polar surface area (TPSA) is 87.7 Å². The molecule has 0 aromatic carbocycles. The molecular formula is C18H20N4O2. The van der Waals surface area contributed by atoms with Crippen molar-refractivity contribution in [1.29, 1.82) is 0 Å². The zero-order chi connectivity index (χ0) is 16.9. The SMILES string of the molecule is C[C@H](NC(=O)c1cnc(-c2ccccn2)[nH]c1=O)C1=CCCCC1. The van der Waals surface area contributed by atoms with Crippen LogP contribution in [-0.4, -0.2) is 26.9 Å². The van der Waals surface area contributed by atoms with Crippen molar-refractivity contribution in [1.82, 2.24) is 20.3 Å². The number of H-pyrrole nitrogens is 1. The largest absolute Gasteiger partial charge is 0.346 e. The Hall–Kier alpha value is -2.76. The highest BCUT2D eigenvalue weighted by molar-refractivity contribution is 5.94. The second-order valence-corrected chi connectivity index (χ2v) is 5.91. The molecule has 0 bridgehead atoms. The number of nitrogens with one attached hydrogen (secondary N) is 2. The van der Waals surface area contributed by atoms with E-state index in [0.29, 0.717) is 11.5 Å². The first kappa shape index (κ1) is 16.1. The van der Waals surface area contributed by atoms with Gasteiger partial charge in [-0.25, -0.2) is 4.98 Å². The summed E-state index contributed by atoms with van der Waals surface area (Å²) >= 11 is 0. The van der Waals surface area contributed by atoms with Crippen LogP contribution < -0.4 is 10.9 Å². The second-order valence-electron chi connectivity index (χ2n) is 5.91. The summed E-state index contributed by atoms with van der Waals surface area (Å²) in [5, 5.41) is 2.88. The third kappa shape index (κ3) is 3.59. The number of allylic oxidation sites excluding steroid dienone is 1. The lowest BCUT2D eigenvalue weighted by Crippen LogP contribution is -2.37. The molecule has 1 amide bonds. The van der Waals surface area contributed by atoms with Crippen LogP contribution in [0.1, 0.15) is 43.0 Å². The van der Waals surface area contributed by atoms with Crippen LogP contribution in [0, 0.1) is 0 Å². The van der Waals surface area contributed by atoms with Crippen LogP contribution in [0.4, 0.5) is 0 Å². The van der Waals surface area contributed by atoms with Crippen molar-refractivity contribution in [2.75, 3.05) is 0 Å². The quantitative estimate of drug-likeness (QED) is 0.846. The monoisotopic (exact) mass is 324 g/mol. The average molecular weight is 324 g/mol. The van der Waals surface area contributed by atoms with Crippen LogP contribution >= 0.6 is 0 Å². The number of pyridine rings is 1. The highest BCUT2D eigenvalue weighted by Crippen LogP contribution is 2.20. The molecule has 0 spiro atoms. The Balaban J connectivity index is 1.76. The van der Waals surface area contributed by atoms with E-state index in [1.165, 1.54) is 18.2 Å². The van der Waals surface area contributed by atoms with Gasteiger partial charge in [-0.05, 0) is 44.7 Å². The van der Waals surface area contributed by atoms with Crippen LogP contribution in [0.25, 0.3) is 11.5 Å². The minimum absolute atomic E-state index is 0.0120. The van der Waals surface area contributed by atoms with Crippen molar-refractivity contribution in [3.05, 3.63) is 58.2 Å². The van der Waals surface area contributed by atoms with Gasteiger partial charge in [0.2, 0.25) is 0 Å². The maximum Gasteiger partial charge on any atom is 0.264 e. The van der Waals surface area contributed by atoms with E-state index in [1.807, 2.05) is 13.0 Å². The van der Waals surface area contributed by atoms with Gasteiger partial charge in [0.25, 0.3) is 11.5 Å². The van der Waals surface area contributed by atoms with Gasteiger partial charge in [0.05, 0.1) is 0 Å². The Kier molecular flexibility index (Phi) is 4.84. The maximum absolute atomic E-state index is 12.4. The molecule has 1 atom stereocenters. The van der Waals surface area contributed by atoms with E-state index < -0.39 is 11.5 Å². The minimum Gasteiger partial charge on any atom is -0.346 e. The van der Waals surface area contributed by atoms with Crippen LogP contribution in [0.15, 0.2) is 47.0 Å². The smallest absolute Gasteiger partial charge is 0.264 e. The molecule has 0 radical (unpaired) electrons. The predicted octanol–water partition coefficient (Wildman–Crippen LogP) is 2.45. The fourth-order valence-electron chi connectivity index (χ4n) is 2.81. The van der Waals surface area contributed by atoms with Crippen molar-refractivity contribution in [2.45, 2.75) is 38.6 Å². The van der Waals surface area contributed by atoms with Gasteiger partial charge >= 0.3 is 0 Å². The van der Waals surface area contributed by atoms with E-state index in [-0.39, 0.29) is 11.6 Å². The highest BCUT2D eigenvalue weighted by Gasteiger charge is 2.18. The number of hydrogen-bond donors (Lipinski definition) is 2. The van der Waals surface area contributed by atoms with Crippen molar-refractivity contribution in [2.24, 2.45) is 0 Å². The Morgan fingerprint density at radius 3 is 2.83 bits per heavy atom. The lowest BCUT2D eigenvalue weighted by molar-refractivity contribution is 0.0942. The molecule has 0 unspecified atom stereocenters. The number of amides is 1. The number of nitrogens with zero attached hydrogens (tertiary/aromatic N) is 2. The normalized spacial score (nSPS) is 15.5. The van der Waals surface area contributed by atoms with Gasteiger partial charge in [-0.2, -0.15) is 0 Å². The molecule has 6 nitrogen and oxygen atoms in total. The molecule has 0 saturated carbocycles. The molecule has 2 N–H and O–H groups in total. The summed E-state index contributed by atoms with van der Waals surface area (Å²) < 4.78 is 0. The van der Waals surface area contributed by atoms with Crippen molar-refractivity contribution >= 4 is 5.91 Å². The first-order chi connectivity index (χ1) is 11.6. The fraction of sp³-hybridized carbons (Fsp3) is 0.333. The first-order valence-corrected chi connectivity index (χ1v) is 8.15. The molecule has 1 aliphatic carbocycles. The molecule has 0 fully saturated rings. The van der Waals surface area contributed by atoms with Gasteiger partial charge in [-0.1, -0.05) is 17.7 Å². The van der Waals surface area contributed by atoms with E-state index in [2.05, 4.69) is 26.3 Å². The van der Waals surface area contributed by atoms with E-state index in [1.54, 1.807) is 18.3 Å². The van der Waals surface area contributed by atoms with Crippen LogP contribution in [0.2, 0.25) is 0 Å². The molecule has 6 heteroatoms. The van der Waals surface area contributed by atoms with Gasteiger partial charge in [0.1, 0.15) is 11.3 Å². The summed E-state index contributed by atoms with van der Waals surface area (Å²) in [5.41, 5.74) is 1.33. The molecule has 3 rings (SSSR count). The Morgan fingerprint density at radius 1 is 1.29 bits per heavy atom. The number of aromatic amines is 1. The molecule has 0 saturated heterocycles. The fourth-order valence-corrected chi connectivity index (χ4v) is 2.81. The van der Waals surface area contributed by atoms with E-state index in [0.717, 1.165) is 19.3 Å². The molecule has 2 aromatic heterocycles. The summed E-state index contributed by atoms with van der Waals surface area (Å²) in [6.45, 7) is 1.94. The molecule has 2 aromatic rings. The van der Waals surface area contributed by atoms with E-state index >= 15 is 0 Å². The van der Waals surface area contributed by atoms with Crippen molar-refractivity contribution in [3.8, 4) is 11.5 Å². The lowest BCUT2D eigenvalue weighted by atomic mass is 9.94. The Morgan fingerprint density at radius 2 is 2.17 bits per heavy atom. The van der Waals surface area contributed by atoms with Crippen LogP contribution in [0.5, 0.6) is 0 Å². The van der Waals surface area contributed by atoms with Crippen molar-refractivity contribution < 1.29 is 4.79 Å². The molecule has 1 aliphatic rings. The highest BCUT2D eigenvalue weighted by atomic mass is 16.2. The molecule has 124 valence electrons. The van der Waals surface area contributed by atoms with Gasteiger partial charge in [-0.15, -0.1) is 0 Å². The number of rotatable bonds is 4. The molecular weight excluding hydrogens is 304 g/mol. The summed E-state index contributed by atoms with van der Waals surface area (Å²) in [5.74, 6) is -0.0597. The zero-order valence-corrected chi connectivity index (χ0v) is 13.6. The Bertz CT molecular complexity index is 811. The van der Waals surface area contributed by atoms with E-state index in [9.17, 15) is 9.59 Å². The molecule has 0 aliphatic heterocycles. The Labute approximate surface area is 140 Å². The maximum atomic E-state index is 12.4. The minimum atomic E-state index is -0.465. The summed E-state index contributed by atoms with van der Waals surface area (Å²) in [6, 6.07) is 5.26. The molecule has 2 heterocycles.